The third-order valence-corrected chi connectivity index (χ3v) is 5.03. The first kappa shape index (κ1) is 14.4. The molecule has 0 aliphatic carbocycles. The number of hydrogen-bond donors (Lipinski definition) is 0. The van der Waals surface area contributed by atoms with Crippen LogP contribution in [0.25, 0.3) is 0 Å². The molecule has 2 aromatic rings. The molecule has 2 aliphatic rings. The van der Waals surface area contributed by atoms with Crippen LogP contribution in [0.4, 0.5) is 4.39 Å². The van der Waals surface area contributed by atoms with E-state index in [1.54, 1.807) is 18.2 Å². The predicted octanol–water partition coefficient (Wildman–Crippen LogP) is 1.88. The highest BCUT2D eigenvalue weighted by atomic mass is 19.1. The molecule has 120 valence electrons. The Morgan fingerprint density at radius 1 is 1.26 bits per heavy atom. The first-order chi connectivity index (χ1) is 11.1. The van der Waals surface area contributed by atoms with E-state index in [-0.39, 0.29) is 30.2 Å². The second-order valence-corrected chi connectivity index (χ2v) is 6.43. The third-order valence-electron chi connectivity index (χ3n) is 5.03. The third kappa shape index (κ3) is 2.42. The van der Waals surface area contributed by atoms with E-state index in [1.165, 1.54) is 6.07 Å². The summed E-state index contributed by atoms with van der Waals surface area (Å²) in [7, 11) is 0. The number of hydrogen-bond acceptors (Lipinski definition) is 3. The van der Waals surface area contributed by atoms with Crippen molar-refractivity contribution in [3.8, 4) is 0 Å². The molecule has 1 fully saturated rings. The summed E-state index contributed by atoms with van der Waals surface area (Å²) in [6.07, 6.45) is 2.84. The molecular formula is C17H19FN4O. The number of halogens is 1. The van der Waals surface area contributed by atoms with Crippen molar-refractivity contribution in [2.75, 3.05) is 0 Å². The van der Waals surface area contributed by atoms with E-state index in [2.05, 4.69) is 14.8 Å². The minimum absolute atomic E-state index is 0.0129. The van der Waals surface area contributed by atoms with Gasteiger partial charge in [0.2, 0.25) is 5.91 Å². The van der Waals surface area contributed by atoms with Crippen LogP contribution >= 0.6 is 0 Å². The number of nitrogens with zero attached hydrogens (tertiary/aromatic N) is 4. The largest absolute Gasteiger partial charge is 0.334 e. The molecule has 3 heterocycles. The standard InChI is InChI=1S/C17H19FN4O/c1-11-19-20-16-9-13-6-7-14(10-21(11)16)22(13)17(23)8-12-4-2-3-5-15(12)18/h2-5,13-14H,6-10H2,1H3. The van der Waals surface area contributed by atoms with E-state index in [1.807, 2.05) is 11.8 Å². The Bertz CT molecular complexity index is 757. The van der Waals surface area contributed by atoms with Crippen LogP contribution in [0, 0.1) is 12.7 Å². The maximum atomic E-state index is 13.8. The molecule has 4 rings (SSSR count). The molecule has 1 aromatic heterocycles. The van der Waals surface area contributed by atoms with Gasteiger partial charge in [0.05, 0.1) is 12.5 Å². The number of benzene rings is 1. The van der Waals surface area contributed by atoms with Gasteiger partial charge in [0.15, 0.2) is 0 Å². The molecule has 1 amide bonds. The number of fused-ring (bicyclic) bond motifs is 3. The molecule has 2 unspecified atom stereocenters. The van der Waals surface area contributed by atoms with Gasteiger partial charge in [-0.25, -0.2) is 4.39 Å². The fourth-order valence-electron chi connectivity index (χ4n) is 3.88. The first-order valence-corrected chi connectivity index (χ1v) is 8.06. The topological polar surface area (TPSA) is 51.0 Å². The summed E-state index contributed by atoms with van der Waals surface area (Å²) in [6, 6.07) is 6.83. The first-order valence-electron chi connectivity index (χ1n) is 8.06. The molecule has 0 N–H and O–H groups in total. The normalized spacial score (nSPS) is 22.8. The summed E-state index contributed by atoms with van der Waals surface area (Å²) in [6.45, 7) is 2.69. The van der Waals surface area contributed by atoms with Crippen molar-refractivity contribution in [2.24, 2.45) is 0 Å². The van der Waals surface area contributed by atoms with Gasteiger partial charge in [0, 0.05) is 19.0 Å². The highest BCUT2D eigenvalue weighted by molar-refractivity contribution is 5.80. The average molecular weight is 314 g/mol. The molecule has 6 heteroatoms. The fourth-order valence-corrected chi connectivity index (χ4v) is 3.88. The van der Waals surface area contributed by atoms with Crippen LogP contribution in [-0.4, -0.2) is 37.7 Å². The van der Waals surface area contributed by atoms with E-state index in [9.17, 15) is 9.18 Å². The van der Waals surface area contributed by atoms with Crippen molar-refractivity contribution in [1.29, 1.82) is 0 Å². The molecule has 0 saturated carbocycles. The van der Waals surface area contributed by atoms with Crippen LogP contribution in [0.1, 0.15) is 30.1 Å². The second-order valence-electron chi connectivity index (χ2n) is 6.43. The summed E-state index contributed by atoms with van der Waals surface area (Å²) < 4.78 is 16.0. The van der Waals surface area contributed by atoms with Crippen molar-refractivity contribution in [1.82, 2.24) is 19.7 Å². The maximum Gasteiger partial charge on any atom is 0.227 e. The van der Waals surface area contributed by atoms with Crippen LogP contribution < -0.4 is 0 Å². The van der Waals surface area contributed by atoms with Crippen LogP contribution in [0.3, 0.4) is 0 Å². The zero-order chi connectivity index (χ0) is 16.0. The summed E-state index contributed by atoms with van der Waals surface area (Å²) in [4.78, 5) is 14.8. The molecule has 1 aromatic carbocycles. The highest BCUT2D eigenvalue weighted by Gasteiger charge is 2.40. The van der Waals surface area contributed by atoms with Crippen molar-refractivity contribution in [3.05, 3.63) is 47.3 Å². The fraction of sp³-hybridized carbons (Fsp3) is 0.471. The molecule has 2 atom stereocenters. The number of amides is 1. The van der Waals surface area contributed by atoms with Gasteiger partial charge in [-0.05, 0) is 31.4 Å². The second kappa shape index (κ2) is 5.44. The van der Waals surface area contributed by atoms with Gasteiger partial charge in [-0.2, -0.15) is 0 Å². The summed E-state index contributed by atoms with van der Waals surface area (Å²) >= 11 is 0. The molecule has 23 heavy (non-hydrogen) atoms. The molecule has 2 aliphatic heterocycles. The molecule has 5 nitrogen and oxygen atoms in total. The molecule has 2 bridgehead atoms. The van der Waals surface area contributed by atoms with Gasteiger partial charge >= 0.3 is 0 Å². The monoisotopic (exact) mass is 314 g/mol. The van der Waals surface area contributed by atoms with Gasteiger partial charge in [0.1, 0.15) is 17.5 Å². The Balaban J connectivity index is 1.58. The minimum Gasteiger partial charge on any atom is -0.334 e. The average Bonchev–Trinajstić information content (AvgIpc) is 3.01. The molecule has 1 saturated heterocycles. The van der Waals surface area contributed by atoms with Gasteiger partial charge in [0.25, 0.3) is 0 Å². The van der Waals surface area contributed by atoms with Crippen LogP contribution in [0.5, 0.6) is 0 Å². The van der Waals surface area contributed by atoms with E-state index in [4.69, 9.17) is 0 Å². The zero-order valence-corrected chi connectivity index (χ0v) is 13.1. The quantitative estimate of drug-likeness (QED) is 0.850. The Morgan fingerprint density at radius 3 is 2.87 bits per heavy atom. The van der Waals surface area contributed by atoms with Gasteiger partial charge in [-0.15, -0.1) is 10.2 Å². The van der Waals surface area contributed by atoms with Crippen molar-refractivity contribution >= 4 is 5.91 Å². The predicted molar refractivity (Wildman–Crippen MR) is 82.2 cm³/mol. The number of rotatable bonds is 2. The van der Waals surface area contributed by atoms with Crippen molar-refractivity contribution < 1.29 is 9.18 Å². The van der Waals surface area contributed by atoms with E-state index < -0.39 is 0 Å². The summed E-state index contributed by atoms with van der Waals surface area (Å²) in [5, 5.41) is 8.39. The van der Waals surface area contributed by atoms with Crippen LogP contribution in [0.2, 0.25) is 0 Å². The number of carbonyl (C=O) groups is 1. The lowest BCUT2D eigenvalue weighted by Crippen LogP contribution is -2.43. The Labute approximate surface area is 134 Å². The van der Waals surface area contributed by atoms with Gasteiger partial charge in [-0.3, -0.25) is 4.79 Å². The number of carbonyl (C=O) groups excluding carboxylic acids is 1. The lowest BCUT2D eigenvalue weighted by molar-refractivity contribution is -0.133. The van der Waals surface area contributed by atoms with Crippen LogP contribution in [0.15, 0.2) is 24.3 Å². The van der Waals surface area contributed by atoms with E-state index >= 15 is 0 Å². The van der Waals surface area contributed by atoms with Crippen LogP contribution in [-0.2, 0) is 24.2 Å². The van der Waals surface area contributed by atoms with E-state index in [0.29, 0.717) is 5.56 Å². The molecular weight excluding hydrogens is 295 g/mol. The maximum absolute atomic E-state index is 13.8. The van der Waals surface area contributed by atoms with E-state index in [0.717, 1.165) is 37.5 Å². The van der Waals surface area contributed by atoms with Crippen molar-refractivity contribution in [3.63, 3.8) is 0 Å². The number of aromatic nitrogens is 3. The SMILES string of the molecule is Cc1nnc2n1CC1CCC(C2)N1C(=O)Cc1ccccc1F. The lowest BCUT2D eigenvalue weighted by Gasteiger charge is -2.28. The molecule has 0 radical (unpaired) electrons. The summed E-state index contributed by atoms with van der Waals surface area (Å²) in [5.74, 6) is 1.56. The Kier molecular flexibility index (Phi) is 3.39. The highest BCUT2D eigenvalue weighted by Crippen LogP contribution is 2.32. The Hall–Kier alpha value is -2.24. The zero-order valence-electron chi connectivity index (χ0n) is 13.1. The van der Waals surface area contributed by atoms with Crippen molar-refractivity contribution in [2.45, 2.75) is 51.2 Å². The molecule has 0 spiro atoms. The lowest BCUT2D eigenvalue weighted by atomic mass is 10.1. The number of aryl methyl sites for hydroxylation is 1. The smallest absolute Gasteiger partial charge is 0.227 e. The Morgan fingerprint density at radius 2 is 2.04 bits per heavy atom. The van der Waals surface area contributed by atoms with Gasteiger partial charge < -0.3 is 9.47 Å². The summed E-state index contributed by atoms with van der Waals surface area (Å²) in [5.41, 5.74) is 0.469. The van der Waals surface area contributed by atoms with Gasteiger partial charge in [-0.1, -0.05) is 18.2 Å². The minimum atomic E-state index is -0.309.